The minimum absolute atomic E-state index is 0.523. The maximum absolute atomic E-state index is 12.5. The second kappa shape index (κ2) is 3.21. The average molecular weight is 169 g/mol. The van der Waals surface area contributed by atoms with Crippen LogP contribution >= 0.6 is 0 Å². The molecule has 0 atom stereocenters. The molecule has 64 valence electrons. The Hall–Kier alpha value is -1.58. The summed E-state index contributed by atoms with van der Waals surface area (Å²) in [5.41, 5.74) is 0.523. The van der Waals surface area contributed by atoms with Gasteiger partial charge in [-0.1, -0.05) is 0 Å². The monoisotopic (exact) mass is 169 g/mol. The molecule has 1 N–H and O–H groups in total. The Morgan fingerprint density at radius 3 is 2.83 bits per heavy atom. The first-order valence-electron chi connectivity index (χ1n) is 3.33. The Kier molecular flexibility index (Phi) is 2.28. The van der Waals surface area contributed by atoms with Crippen molar-refractivity contribution in [3.8, 4) is 0 Å². The van der Waals surface area contributed by atoms with Gasteiger partial charge in [-0.25, -0.2) is 4.79 Å². The highest BCUT2D eigenvalue weighted by Crippen LogP contribution is 2.07. The van der Waals surface area contributed by atoms with E-state index in [4.69, 9.17) is 5.11 Å². The zero-order valence-electron chi connectivity index (χ0n) is 6.49. The number of carbonyl (C=O) groups is 1. The molecule has 1 heterocycles. The van der Waals surface area contributed by atoms with Crippen molar-refractivity contribution in [1.29, 1.82) is 0 Å². The Bertz CT molecular complexity index is 328. The highest BCUT2D eigenvalue weighted by molar-refractivity contribution is 5.89. The first kappa shape index (κ1) is 8.52. The van der Waals surface area contributed by atoms with E-state index in [2.05, 4.69) is 0 Å². The Balaban J connectivity index is 2.95. The lowest BCUT2D eigenvalue weighted by Crippen LogP contribution is -1.96. The molecule has 0 saturated carbocycles. The first-order valence-corrected chi connectivity index (χ1v) is 3.33. The normalized spacial score (nSPS) is 11.7. The predicted octanol–water partition coefficient (Wildman–Crippen LogP) is 1.42. The standard InChI is InChI=1S/C8H8FNO2/c1-10-4-2-3-6(10)5-7(9)8(11)12/h2-5H,1H3,(H,11,12). The quantitative estimate of drug-likeness (QED) is 0.680. The van der Waals surface area contributed by atoms with Crippen LogP contribution < -0.4 is 0 Å². The zero-order chi connectivity index (χ0) is 9.14. The number of aromatic nitrogens is 1. The number of hydrogen-bond acceptors (Lipinski definition) is 1. The van der Waals surface area contributed by atoms with Crippen LogP contribution in [0.5, 0.6) is 0 Å². The third-order valence-electron chi connectivity index (χ3n) is 1.46. The molecule has 0 bridgehead atoms. The number of hydrogen-bond donors (Lipinski definition) is 1. The van der Waals surface area contributed by atoms with E-state index in [9.17, 15) is 9.18 Å². The smallest absolute Gasteiger partial charge is 0.364 e. The fourth-order valence-corrected chi connectivity index (χ4v) is 0.816. The summed E-state index contributed by atoms with van der Waals surface area (Å²) >= 11 is 0. The van der Waals surface area contributed by atoms with E-state index < -0.39 is 11.8 Å². The van der Waals surface area contributed by atoms with E-state index in [1.54, 1.807) is 29.9 Å². The van der Waals surface area contributed by atoms with E-state index in [0.717, 1.165) is 6.08 Å². The van der Waals surface area contributed by atoms with Crippen molar-refractivity contribution < 1.29 is 14.3 Å². The third kappa shape index (κ3) is 1.72. The van der Waals surface area contributed by atoms with Gasteiger partial charge in [-0.15, -0.1) is 0 Å². The molecule has 1 aromatic rings. The zero-order valence-corrected chi connectivity index (χ0v) is 6.49. The number of carboxylic acids is 1. The van der Waals surface area contributed by atoms with Gasteiger partial charge in [-0.3, -0.25) is 0 Å². The van der Waals surface area contributed by atoms with Crippen LogP contribution in [-0.2, 0) is 11.8 Å². The minimum atomic E-state index is -1.55. The predicted molar refractivity (Wildman–Crippen MR) is 42.1 cm³/mol. The maximum atomic E-state index is 12.5. The summed E-state index contributed by atoms with van der Waals surface area (Å²) in [4.78, 5) is 10.1. The van der Waals surface area contributed by atoms with Gasteiger partial charge in [0.05, 0.1) is 0 Å². The highest BCUT2D eigenvalue weighted by atomic mass is 19.1. The van der Waals surface area contributed by atoms with E-state index >= 15 is 0 Å². The lowest BCUT2D eigenvalue weighted by molar-refractivity contribution is -0.134. The number of carboxylic acid groups (broad SMARTS) is 1. The van der Waals surface area contributed by atoms with Crippen molar-refractivity contribution in [3.63, 3.8) is 0 Å². The van der Waals surface area contributed by atoms with Gasteiger partial charge in [0.15, 0.2) is 0 Å². The van der Waals surface area contributed by atoms with Crippen LogP contribution in [-0.4, -0.2) is 15.6 Å². The van der Waals surface area contributed by atoms with Crippen molar-refractivity contribution in [2.24, 2.45) is 7.05 Å². The second-order valence-corrected chi connectivity index (χ2v) is 2.34. The van der Waals surface area contributed by atoms with Gasteiger partial charge in [0, 0.05) is 25.0 Å². The second-order valence-electron chi connectivity index (χ2n) is 2.34. The SMILES string of the molecule is Cn1cccc1C=C(F)C(=O)O. The van der Waals surface area contributed by atoms with Gasteiger partial charge in [-0.2, -0.15) is 4.39 Å². The summed E-state index contributed by atoms with van der Waals surface area (Å²) in [6, 6.07) is 3.34. The molecule has 0 aliphatic heterocycles. The molecule has 0 aliphatic carbocycles. The van der Waals surface area contributed by atoms with Gasteiger partial charge >= 0.3 is 5.97 Å². The summed E-state index contributed by atoms with van der Waals surface area (Å²) in [7, 11) is 1.71. The molecule has 4 heteroatoms. The van der Waals surface area contributed by atoms with E-state index in [1.807, 2.05) is 0 Å². The van der Waals surface area contributed by atoms with Gasteiger partial charge in [0.1, 0.15) is 0 Å². The average Bonchev–Trinajstić information content (AvgIpc) is 2.36. The van der Waals surface area contributed by atoms with Crippen molar-refractivity contribution in [1.82, 2.24) is 4.57 Å². The first-order chi connectivity index (χ1) is 5.61. The van der Waals surface area contributed by atoms with Crippen LogP contribution in [0.2, 0.25) is 0 Å². The Morgan fingerprint density at radius 2 is 2.42 bits per heavy atom. The van der Waals surface area contributed by atoms with E-state index in [0.29, 0.717) is 5.69 Å². The van der Waals surface area contributed by atoms with Gasteiger partial charge in [0.2, 0.25) is 5.83 Å². The van der Waals surface area contributed by atoms with Crippen LogP contribution in [0.1, 0.15) is 5.69 Å². The highest BCUT2D eigenvalue weighted by Gasteiger charge is 2.05. The number of aliphatic carboxylic acids is 1. The molecule has 0 unspecified atom stereocenters. The van der Waals surface area contributed by atoms with Crippen molar-refractivity contribution in [2.45, 2.75) is 0 Å². The summed E-state index contributed by atoms with van der Waals surface area (Å²) in [6.45, 7) is 0. The molecule has 0 aliphatic rings. The Labute approximate surface area is 68.7 Å². The van der Waals surface area contributed by atoms with Crippen molar-refractivity contribution >= 4 is 12.0 Å². The minimum Gasteiger partial charge on any atom is -0.476 e. The number of aryl methyl sites for hydroxylation is 1. The van der Waals surface area contributed by atoms with E-state index in [-0.39, 0.29) is 0 Å². The summed E-state index contributed by atoms with van der Waals surface area (Å²) in [6.07, 6.45) is 2.68. The van der Waals surface area contributed by atoms with Crippen LogP contribution in [0.4, 0.5) is 4.39 Å². The van der Waals surface area contributed by atoms with Crippen LogP contribution in [0.25, 0.3) is 6.08 Å². The summed E-state index contributed by atoms with van der Waals surface area (Å²) < 4.78 is 14.1. The maximum Gasteiger partial charge on any atom is 0.364 e. The number of halogens is 1. The molecule has 0 fully saturated rings. The van der Waals surface area contributed by atoms with Crippen LogP contribution in [0.15, 0.2) is 24.2 Å². The van der Waals surface area contributed by atoms with Gasteiger partial charge < -0.3 is 9.67 Å². The molecule has 0 spiro atoms. The molecule has 0 radical (unpaired) electrons. The molecular weight excluding hydrogens is 161 g/mol. The van der Waals surface area contributed by atoms with Crippen molar-refractivity contribution in [2.75, 3.05) is 0 Å². The molecular formula is C8H8FNO2. The van der Waals surface area contributed by atoms with Gasteiger partial charge in [-0.05, 0) is 12.1 Å². The lowest BCUT2D eigenvalue weighted by Gasteiger charge is -1.94. The molecule has 1 rings (SSSR count). The van der Waals surface area contributed by atoms with E-state index in [1.165, 1.54) is 0 Å². The molecule has 0 amide bonds. The molecule has 0 saturated heterocycles. The summed E-state index contributed by atoms with van der Waals surface area (Å²) in [5.74, 6) is -2.70. The molecule has 0 aromatic carbocycles. The van der Waals surface area contributed by atoms with Gasteiger partial charge in [0.25, 0.3) is 0 Å². The third-order valence-corrected chi connectivity index (χ3v) is 1.46. The Morgan fingerprint density at radius 1 is 1.75 bits per heavy atom. The molecule has 1 aromatic heterocycles. The largest absolute Gasteiger partial charge is 0.476 e. The molecule has 12 heavy (non-hydrogen) atoms. The fourth-order valence-electron chi connectivity index (χ4n) is 0.816. The lowest BCUT2D eigenvalue weighted by atomic mass is 10.3. The fraction of sp³-hybridized carbons (Fsp3) is 0.125. The van der Waals surface area contributed by atoms with Crippen molar-refractivity contribution in [3.05, 3.63) is 29.9 Å². The number of rotatable bonds is 2. The molecule has 3 nitrogen and oxygen atoms in total. The van der Waals surface area contributed by atoms with Crippen LogP contribution in [0.3, 0.4) is 0 Å². The number of nitrogens with zero attached hydrogens (tertiary/aromatic N) is 1. The summed E-state index contributed by atoms with van der Waals surface area (Å²) in [5, 5.41) is 8.22. The van der Waals surface area contributed by atoms with Crippen LogP contribution in [0, 0.1) is 0 Å². The topological polar surface area (TPSA) is 42.2 Å².